The fraction of sp³-hybridized carbons (Fsp3) is 0.417. The molecule has 0 saturated carbocycles. The van der Waals surface area contributed by atoms with Gasteiger partial charge < -0.3 is 20.6 Å². The summed E-state index contributed by atoms with van der Waals surface area (Å²) in [6.07, 6.45) is 0. The van der Waals surface area contributed by atoms with Crippen molar-refractivity contribution in [2.24, 2.45) is 0 Å². The van der Waals surface area contributed by atoms with Crippen LogP contribution < -0.4 is 10.6 Å². The van der Waals surface area contributed by atoms with E-state index in [2.05, 4.69) is 42.5 Å². The predicted molar refractivity (Wildman–Crippen MR) is 82.3 cm³/mol. The van der Waals surface area contributed by atoms with Gasteiger partial charge in [-0.15, -0.1) is 0 Å². The second-order valence-electron chi connectivity index (χ2n) is 4.21. The standard InChI is InChI=1S/C12H17Br2N3O2/c1-17(2)12(19)16-4-3-15-7-8-5-9(13)11(18)10(14)6-8/h5-6,15,18H,3-4,7H2,1-2H3,(H,16,19). The highest BCUT2D eigenvalue weighted by molar-refractivity contribution is 9.11. The number of nitrogens with zero attached hydrogens (tertiary/aromatic N) is 1. The molecule has 7 heteroatoms. The minimum Gasteiger partial charge on any atom is -0.506 e. The molecular weight excluding hydrogens is 378 g/mol. The lowest BCUT2D eigenvalue weighted by Gasteiger charge is -2.12. The average molecular weight is 395 g/mol. The first-order valence-corrected chi connectivity index (χ1v) is 7.33. The van der Waals surface area contributed by atoms with Gasteiger partial charge in [0.05, 0.1) is 8.95 Å². The number of halogens is 2. The molecule has 0 fully saturated rings. The van der Waals surface area contributed by atoms with Crippen molar-refractivity contribution in [2.75, 3.05) is 27.2 Å². The van der Waals surface area contributed by atoms with E-state index in [1.807, 2.05) is 12.1 Å². The van der Waals surface area contributed by atoms with Gasteiger partial charge in [0.15, 0.2) is 0 Å². The Morgan fingerprint density at radius 2 is 1.84 bits per heavy atom. The lowest BCUT2D eigenvalue weighted by Crippen LogP contribution is -2.38. The van der Waals surface area contributed by atoms with Crippen LogP contribution in [0.5, 0.6) is 5.75 Å². The smallest absolute Gasteiger partial charge is 0.316 e. The number of nitrogens with one attached hydrogen (secondary N) is 2. The molecule has 0 unspecified atom stereocenters. The molecule has 1 aromatic carbocycles. The van der Waals surface area contributed by atoms with E-state index in [9.17, 15) is 9.90 Å². The molecule has 3 N–H and O–H groups in total. The number of aromatic hydroxyl groups is 1. The minimum atomic E-state index is -0.100. The number of phenols is 1. The molecule has 0 aromatic heterocycles. The summed E-state index contributed by atoms with van der Waals surface area (Å²) in [4.78, 5) is 12.7. The maximum absolute atomic E-state index is 11.2. The fourth-order valence-corrected chi connectivity index (χ4v) is 2.65. The largest absolute Gasteiger partial charge is 0.506 e. The van der Waals surface area contributed by atoms with Crippen molar-refractivity contribution in [3.05, 3.63) is 26.6 Å². The van der Waals surface area contributed by atoms with Crippen LogP contribution >= 0.6 is 31.9 Å². The maximum Gasteiger partial charge on any atom is 0.316 e. The van der Waals surface area contributed by atoms with Gasteiger partial charge in [-0.2, -0.15) is 0 Å². The fourth-order valence-electron chi connectivity index (χ4n) is 1.37. The second-order valence-corrected chi connectivity index (χ2v) is 5.92. The number of rotatable bonds is 5. The Bertz CT molecular complexity index is 430. The molecule has 2 amide bonds. The van der Waals surface area contributed by atoms with Gasteiger partial charge >= 0.3 is 6.03 Å². The van der Waals surface area contributed by atoms with Crippen LogP contribution in [0.3, 0.4) is 0 Å². The lowest BCUT2D eigenvalue weighted by atomic mass is 10.2. The topological polar surface area (TPSA) is 64.6 Å². The molecule has 0 spiro atoms. The van der Waals surface area contributed by atoms with E-state index in [4.69, 9.17) is 0 Å². The zero-order valence-corrected chi connectivity index (χ0v) is 14.0. The molecule has 5 nitrogen and oxygen atoms in total. The molecule has 0 atom stereocenters. The second kappa shape index (κ2) is 7.72. The van der Waals surface area contributed by atoms with Gasteiger partial charge in [0, 0.05) is 33.7 Å². The summed E-state index contributed by atoms with van der Waals surface area (Å²) in [5.74, 6) is 0.196. The van der Waals surface area contributed by atoms with Crippen molar-refractivity contribution < 1.29 is 9.90 Å². The van der Waals surface area contributed by atoms with Gasteiger partial charge in [0.2, 0.25) is 0 Å². The average Bonchev–Trinajstić information content (AvgIpc) is 2.34. The van der Waals surface area contributed by atoms with Crippen LogP contribution in [-0.4, -0.2) is 43.2 Å². The Hall–Kier alpha value is -0.790. The molecule has 0 radical (unpaired) electrons. The first kappa shape index (κ1) is 16.3. The third-order valence-corrected chi connectivity index (χ3v) is 3.60. The van der Waals surface area contributed by atoms with Gasteiger partial charge in [-0.25, -0.2) is 4.79 Å². The number of amides is 2. The SMILES string of the molecule is CN(C)C(=O)NCCNCc1cc(Br)c(O)c(Br)c1. The molecule has 0 aliphatic carbocycles. The summed E-state index contributed by atoms with van der Waals surface area (Å²) >= 11 is 6.57. The number of carbonyl (C=O) groups is 1. The lowest BCUT2D eigenvalue weighted by molar-refractivity contribution is 0.217. The van der Waals surface area contributed by atoms with E-state index in [0.717, 1.165) is 5.56 Å². The van der Waals surface area contributed by atoms with Gasteiger partial charge in [-0.05, 0) is 49.6 Å². The van der Waals surface area contributed by atoms with Gasteiger partial charge in [0.1, 0.15) is 5.75 Å². The van der Waals surface area contributed by atoms with Crippen LogP contribution in [0.25, 0.3) is 0 Å². The Morgan fingerprint density at radius 3 is 2.37 bits per heavy atom. The van der Waals surface area contributed by atoms with E-state index in [1.54, 1.807) is 14.1 Å². The zero-order valence-electron chi connectivity index (χ0n) is 10.8. The molecule has 0 heterocycles. The molecule has 106 valence electrons. The Kier molecular flexibility index (Phi) is 6.60. The van der Waals surface area contributed by atoms with Crippen molar-refractivity contribution in [1.82, 2.24) is 15.5 Å². The zero-order chi connectivity index (χ0) is 14.4. The van der Waals surface area contributed by atoms with Crippen LogP contribution in [-0.2, 0) is 6.54 Å². The minimum absolute atomic E-state index is 0.100. The van der Waals surface area contributed by atoms with E-state index < -0.39 is 0 Å². The van der Waals surface area contributed by atoms with Crippen molar-refractivity contribution >= 4 is 37.9 Å². The predicted octanol–water partition coefficient (Wildman–Crippen LogP) is 2.28. The van der Waals surface area contributed by atoms with Gasteiger partial charge in [-0.1, -0.05) is 0 Å². The van der Waals surface area contributed by atoms with Gasteiger partial charge in [-0.3, -0.25) is 0 Å². The van der Waals surface area contributed by atoms with Crippen LogP contribution in [0.2, 0.25) is 0 Å². The third-order valence-electron chi connectivity index (χ3n) is 2.39. The number of hydrogen-bond donors (Lipinski definition) is 3. The van der Waals surface area contributed by atoms with E-state index in [-0.39, 0.29) is 11.8 Å². The summed E-state index contributed by atoms with van der Waals surface area (Å²) in [6, 6.07) is 3.61. The first-order valence-electron chi connectivity index (χ1n) is 5.74. The van der Waals surface area contributed by atoms with Crippen molar-refractivity contribution in [3.63, 3.8) is 0 Å². The molecule has 0 aliphatic heterocycles. The molecule has 0 saturated heterocycles. The van der Waals surface area contributed by atoms with Crippen molar-refractivity contribution in [1.29, 1.82) is 0 Å². The van der Waals surface area contributed by atoms with E-state index in [0.29, 0.717) is 28.6 Å². The van der Waals surface area contributed by atoms with Crippen LogP contribution in [0.4, 0.5) is 4.79 Å². The highest BCUT2D eigenvalue weighted by Crippen LogP contribution is 2.33. The normalized spacial score (nSPS) is 10.3. The molecule has 0 aliphatic rings. The number of benzene rings is 1. The van der Waals surface area contributed by atoms with Crippen molar-refractivity contribution in [2.45, 2.75) is 6.54 Å². The van der Waals surface area contributed by atoms with Gasteiger partial charge in [0.25, 0.3) is 0 Å². The maximum atomic E-state index is 11.2. The number of phenolic OH excluding ortho intramolecular Hbond substituents is 1. The summed E-state index contributed by atoms with van der Waals surface area (Å²) in [5.41, 5.74) is 1.04. The monoisotopic (exact) mass is 393 g/mol. The molecule has 0 bridgehead atoms. The number of carbonyl (C=O) groups excluding carboxylic acids is 1. The molecule has 19 heavy (non-hydrogen) atoms. The Labute approximate surface area is 129 Å². The quantitative estimate of drug-likeness (QED) is 0.671. The molecule has 1 rings (SSSR count). The first-order chi connectivity index (χ1) is 8.91. The van der Waals surface area contributed by atoms with Crippen molar-refractivity contribution in [3.8, 4) is 5.75 Å². The van der Waals surface area contributed by atoms with Crippen LogP contribution in [0.15, 0.2) is 21.1 Å². The Balaban J connectivity index is 2.32. The summed E-state index contributed by atoms with van der Waals surface area (Å²) in [6.45, 7) is 1.91. The summed E-state index contributed by atoms with van der Waals surface area (Å²) in [7, 11) is 3.41. The Morgan fingerprint density at radius 1 is 1.26 bits per heavy atom. The summed E-state index contributed by atoms with van der Waals surface area (Å²) < 4.78 is 1.30. The van der Waals surface area contributed by atoms with E-state index in [1.165, 1.54) is 4.90 Å². The molecule has 1 aromatic rings. The highest BCUT2D eigenvalue weighted by atomic mass is 79.9. The number of urea groups is 1. The van der Waals surface area contributed by atoms with Crippen LogP contribution in [0, 0.1) is 0 Å². The highest BCUT2D eigenvalue weighted by Gasteiger charge is 2.05. The third kappa shape index (κ3) is 5.38. The molecular formula is C12H17Br2N3O2. The van der Waals surface area contributed by atoms with Crippen LogP contribution in [0.1, 0.15) is 5.56 Å². The van der Waals surface area contributed by atoms with E-state index >= 15 is 0 Å². The number of hydrogen-bond acceptors (Lipinski definition) is 3. The summed E-state index contributed by atoms with van der Waals surface area (Å²) in [5, 5.41) is 15.6.